The fourth-order valence-corrected chi connectivity index (χ4v) is 3.76. The lowest BCUT2D eigenvalue weighted by molar-refractivity contribution is -0.166. The van der Waals surface area contributed by atoms with Crippen molar-refractivity contribution in [1.29, 1.82) is 0 Å². The number of benzene rings is 1. The Bertz CT molecular complexity index is 1120. The molecule has 5 amide bonds. The molecule has 0 aromatic heterocycles. The van der Waals surface area contributed by atoms with Crippen LogP contribution < -0.4 is 16.0 Å². The highest BCUT2D eigenvalue weighted by Crippen LogP contribution is 2.24. The molecule has 2 aliphatic heterocycles. The molecular weight excluding hydrogens is 490 g/mol. The summed E-state index contributed by atoms with van der Waals surface area (Å²) in [6.45, 7) is 0. The van der Waals surface area contributed by atoms with E-state index < -0.39 is 60.2 Å². The number of carbonyl (C=O) groups excluding carboxylic acids is 5. The highest BCUT2D eigenvalue weighted by Gasteiger charge is 2.43. The lowest BCUT2D eigenvalue weighted by Gasteiger charge is -2.39. The van der Waals surface area contributed by atoms with E-state index in [1.54, 1.807) is 0 Å². The lowest BCUT2D eigenvalue weighted by atomic mass is 10.1. The number of hydrogen-bond acceptors (Lipinski definition) is 7. The summed E-state index contributed by atoms with van der Waals surface area (Å²) < 4.78 is 0. The van der Waals surface area contributed by atoms with Crippen molar-refractivity contribution in [2.24, 2.45) is 0 Å². The average molecular weight is 517 g/mol. The van der Waals surface area contributed by atoms with Crippen LogP contribution in [-0.4, -0.2) is 80.3 Å². The van der Waals surface area contributed by atoms with Crippen LogP contribution in [0.3, 0.4) is 0 Å². The number of carbonyl (C=O) groups is 7. The molecule has 0 spiro atoms. The van der Waals surface area contributed by atoms with Gasteiger partial charge in [-0.15, -0.1) is 0 Å². The summed E-state index contributed by atoms with van der Waals surface area (Å²) in [4.78, 5) is 84.5. The smallest absolute Gasteiger partial charge is 0.409 e. The van der Waals surface area contributed by atoms with Gasteiger partial charge in [-0.3, -0.25) is 29.3 Å². The number of amides is 5. The molecule has 37 heavy (non-hydrogen) atoms. The first-order chi connectivity index (χ1) is 17.1. The van der Waals surface area contributed by atoms with Crippen LogP contribution >= 0.6 is 0 Å². The van der Waals surface area contributed by atoms with Crippen LogP contribution in [0.4, 0.5) is 10.5 Å². The molecule has 0 saturated carbocycles. The van der Waals surface area contributed by atoms with Crippen LogP contribution in [0.25, 0.3) is 0 Å². The maximum atomic E-state index is 13.4. The average Bonchev–Trinajstić information content (AvgIpc) is 2.95. The number of carboxylic acid groups (broad SMARTS) is 2. The van der Waals surface area contributed by atoms with E-state index in [2.05, 4.69) is 16.0 Å². The topological polar surface area (TPSA) is 203 Å². The van der Waals surface area contributed by atoms with Gasteiger partial charge in [0.15, 0.2) is 0 Å². The Labute approximate surface area is 211 Å². The van der Waals surface area contributed by atoms with Crippen molar-refractivity contribution in [3.63, 3.8) is 0 Å². The van der Waals surface area contributed by atoms with Crippen LogP contribution in [0.5, 0.6) is 0 Å². The number of nitrogens with zero attached hydrogens (tertiary/aromatic N) is 2. The second-order valence-corrected chi connectivity index (χ2v) is 7.98. The minimum absolute atomic E-state index is 0. The molecule has 1 aromatic carbocycles. The van der Waals surface area contributed by atoms with E-state index in [9.17, 15) is 33.6 Å². The number of rotatable bonds is 8. The summed E-state index contributed by atoms with van der Waals surface area (Å²) in [5.41, 5.74) is 0.359. The molecule has 198 valence electrons. The number of anilines is 1. The summed E-state index contributed by atoms with van der Waals surface area (Å²) >= 11 is 0. The van der Waals surface area contributed by atoms with Crippen molar-refractivity contribution in [2.45, 2.75) is 51.2 Å². The molecule has 0 aliphatic carbocycles. The molecule has 2 aliphatic rings. The van der Waals surface area contributed by atoms with Gasteiger partial charge in [-0.1, -0.05) is 13.5 Å². The summed E-state index contributed by atoms with van der Waals surface area (Å²) in [5.74, 6) is -4.06. The first-order valence-electron chi connectivity index (χ1n) is 10.8. The molecular formula is C23H27N5O9. The Morgan fingerprint density at radius 2 is 1.78 bits per heavy atom. The summed E-state index contributed by atoms with van der Waals surface area (Å²) in [5, 5.41) is 26.5. The monoisotopic (exact) mass is 517 g/mol. The Balaban J connectivity index is 0.00000481. The van der Waals surface area contributed by atoms with Crippen LogP contribution in [-0.2, 0) is 24.0 Å². The normalized spacial score (nSPS) is 19.5. The van der Waals surface area contributed by atoms with Gasteiger partial charge >= 0.3 is 12.1 Å². The van der Waals surface area contributed by atoms with Crippen molar-refractivity contribution in [3.05, 3.63) is 42.1 Å². The van der Waals surface area contributed by atoms with E-state index in [4.69, 9.17) is 10.2 Å². The first kappa shape index (κ1) is 28.5. The highest BCUT2D eigenvalue weighted by atomic mass is 16.4. The van der Waals surface area contributed by atoms with Gasteiger partial charge in [0, 0.05) is 23.9 Å². The van der Waals surface area contributed by atoms with Gasteiger partial charge in [0.1, 0.15) is 18.4 Å². The molecule has 14 heteroatoms. The summed E-state index contributed by atoms with van der Waals surface area (Å²) in [7, 11) is 0. The third kappa shape index (κ3) is 6.90. The Morgan fingerprint density at radius 1 is 1.11 bits per heavy atom. The second-order valence-electron chi connectivity index (χ2n) is 7.98. The standard InChI is InChI=1S/C22H23N5O9.CH4/c28-11-14(10-18(30)31)23-20(33)16-2-1-9-26-17(29)8-7-15(21(34)27(16)26)25-19(32)12-3-5-13(6-4-12)24-22(35)36;/h1,3-6,9,11,14-16,24H,2,7-8,10H2,(H,23,33)(H,25,32)(H,30,31)(H,35,36);1H4/t14-,15-,16-;/m0./s1. The third-order valence-electron chi connectivity index (χ3n) is 5.45. The zero-order valence-corrected chi connectivity index (χ0v) is 18.7. The minimum Gasteiger partial charge on any atom is -0.481 e. The molecule has 1 aromatic rings. The number of carboxylic acids is 1. The molecule has 14 nitrogen and oxygen atoms in total. The largest absolute Gasteiger partial charge is 0.481 e. The van der Waals surface area contributed by atoms with E-state index in [1.807, 2.05) is 0 Å². The van der Waals surface area contributed by atoms with Gasteiger partial charge in [0.2, 0.25) is 11.8 Å². The van der Waals surface area contributed by atoms with Crippen LogP contribution in [0.15, 0.2) is 36.5 Å². The second kappa shape index (κ2) is 12.3. The van der Waals surface area contributed by atoms with E-state index in [-0.39, 0.29) is 44.2 Å². The van der Waals surface area contributed by atoms with Crippen molar-refractivity contribution < 1.29 is 43.8 Å². The van der Waals surface area contributed by atoms with Gasteiger partial charge in [0.05, 0.1) is 12.5 Å². The molecule has 5 N–H and O–H groups in total. The molecule has 0 unspecified atom stereocenters. The van der Waals surface area contributed by atoms with Gasteiger partial charge < -0.3 is 25.6 Å². The molecule has 3 atom stereocenters. The molecule has 3 rings (SSSR count). The van der Waals surface area contributed by atoms with E-state index in [0.29, 0.717) is 0 Å². The van der Waals surface area contributed by atoms with Gasteiger partial charge in [-0.2, -0.15) is 0 Å². The highest BCUT2D eigenvalue weighted by molar-refractivity contribution is 6.00. The zero-order chi connectivity index (χ0) is 26.4. The van der Waals surface area contributed by atoms with E-state index in [1.165, 1.54) is 36.5 Å². The lowest BCUT2D eigenvalue weighted by Crippen LogP contribution is -2.62. The zero-order valence-electron chi connectivity index (χ0n) is 18.7. The van der Waals surface area contributed by atoms with Crippen molar-refractivity contribution in [1.82, 2.24) is 20.7 Å². The summed E-state index contributed by atoms with van der Waals surface area (Å²) in [6.07, 6.45) is 0.963. The predicted octanol–water partition coefficient (Wildman–Crippen LogP) is 0.321. The van der Waals surface area contributed by atoms with Gasteiger partial charge in [-0.25, -0.2) is 14.8 Å². The summed E-state index contributed by atoms with van der Waals surface area (Å²) in [6, 6.07) is 1.65. The van der Waals surface area contributed by atoms with Crippen molar-refractivity contribution in [3.8, 4) is 0 Å². The SMILES string of the molecule is C.O=C[C@H](CC(=O)O)NC(=O)[C@@H]1CC=CN2C(=O)CC[C@H](NC(=O)c3ccc(NC(=O)O)cc3)C(=O)N12. The Kier molecular flexibility index (Phi) is 9.46. The van der Waals surface area contributed by atoms with Crippen molar-refractivity contribution in [2.75, 3.05) is 5.32 Å². The van der Waals surface area contributed by atoms with Crippen LogP contribution in [0.2, 0.25) is 0 Å². The molecule has 1 saturated heterocycles. The first-order valence-corrected chi connectivity index (χ1v) is 10.8. The number of fused-ring (bicyclic) bond motifs is 1. The molecule has 1 fully saturated rings. The molecule has 0 bridgehead atoms. The van der Waals surface area contributed by atoms with Crippen LogP contribution in [0.1, 0.15) is 43.5 Å². The Morgan fingerprint density at radius 3 is 2.38 bits per heavy atom. The van der Waals surface area contributed by atoms with E-state index >= 15 is 0 Å². The van der Waals surface area contributed by atoms with Crippen molar-refractivity contribution >= 4 is 47.7 Å². The number of nitrogens with one attached hydrogen (secondary N) is 3. The van der Waals surface area contributed by atoms with Crippen LogP contribution in [0, 0.1) is 0 Å². The molecule has 0 radical (unpaired) electrons. The number of hydrazine groups is 1. The predicted molar refractivity (Wildman–Crippen MR) is 127 cm³/mol. The number of aliphatic carboxylic acids is 1. The molecule has 2 heterocycles. The Hall–Kier alpha value is -4.75. The van der Waals surface area contributed by atoms with Gasteiger partial charge in [0.25, 0.3) is 11.8 Å². The van der Waals surface area contributed by atoms with E-state index in [0.717, 1.165) is 10.0 Å². The number of aldehydes is 1. The third-order valence-corrected chi connectivity index (χ3v) is 5.45. The number of hydrogen-bond donors (Lipinski definition) is 5. The maximum Gasteiger partial charge on any atom is 0.409 e. The minimum atomic E-state index is -1.33. The maximum absolute atomic E-state index is 13.4. The quantitative estimate of drug-likeness (QED) is 0.301. The fourth-order valence-electron chi connectivity index (χ4n) is 3.76. The fraction of sp³-hybridized carbons (Fsp3) is 0.348. The van der Waals surface area contributed by atoms with Gasteiger partial charge in [-0.05, 0) is 37.1 Å².